The molecule has 48 heavy (non-hydrogen) atoms. The maximum Gasteiger partial charge on any atom is 0.145 e. The third-order valence-corrected chi connectivity index (χ3v) is 10.2. The Morgan fingerprint density at radius 2 is 1.08 bits per heavy atom. The Bertz CT molecular complexity index is 2830. The van der Waals surface area contributed by atoms with Crippen molar-refractivity contribution in [1.29, 1.82) is 0 Å². The standard InChI is InChI=1S/C45H27N3/c1-3-11-29(12-4-1)45-46-38-21-10-22-40-44(38)48(45)39-26-23-30(27-41(39)47(40)31-15-5-2-6-16-31)32-24-25-37-35-18-8-14-28-13-7-17-34(42(28)35)36-20-9-19-33(32)43(36)37/h1-27H. The van der Waals surface area contributed by atoms with E-state index in [0.717, 1.165) is 45.2 Å². The number of hydrogen-bond acceptors (Lipinski definition) is 2. The molecule has 222 valence electrons. The Balaban J connectivity index is 1.21. The van der Waals surface area contributed by atoms with Crippen LogP contribution in [0.3, 0.4) is 0 Å². The lowest BCUT2D eigenvalue weighted by Gasteiger charge is -2.33. The predicted molar refractivity (Wildman–Crippen MR) is 201 cm³/mol. The van der Waals surface area contributed by atoms with Gasteiger partial charge in [-0.3, -0.25) is 4.57 Å². The molecule has 0 saturated carbocycles. The van der Waals surface area contributed by atoms with E-state index >= 15 is 0 Å². The normalized spacial score (nSPS) is 12.5. The SMILES string of the molecule is c1ccc(-c2nc3cccc4c3n2-c2ccc(-c3ccc5c6cccc7cccc(c8cccc3c85)c76)cc2N4c2ccccc2)cc1. The summed E-state index contributed by atoms with van der Waals surface area (Å²) in [4.78, 5) is 7.61. The Hall–Kier alpha value is -6.45. The number of rotatable bonds is 3. The van der Waals surface area contributed by atoms with Crippen molar-refractivity contribution in [2.45, 2.75) is 0 Å². The summed E-state index contributed by atoms with van der Waals surface area (Å²) >= 11 is 0. The first-order valence-electron chi connectivity index (χ1n) is 16.5. The molecule has 1 aliphatic heterocycles. The molecule has 9 aromatic carbocycles. The van der Waals surface area contributed by atoms with Crippen LogP contribution in [0.25, 0.3) is 82.3 Å². The topological polar surface area (TPSA) is 21.1 Å². The van der Waals surface area contributed by atoms with Gasteiger partial charge in [-0.15, -0.1) is 0 Å². The number of fused-ring (bicyclic) bond motifs is 4. The Labute approximate surface area is 276 Å². The highest BCUT2D eigenvalue weighted by atomic mass is 15.2. The quantitative estimate of drug-likeness (QED) is 0.147. The summed E-state index contributed by atoms with van der Waals surface area (Å²) in [5, 5.41) is 10.5. The van der Waals surface area contributed by atoms with Crippen molar-refractivity contribution in [3.05, 3.63) is 164 Å². The van der Waals surface area contributed by atoms with Crippen molar-refractivity contribution in [1.82, 2.24) is 9.55 Å². The van der Waals surface area contributed by atoms with Gasteiger partial charge in [0.05, 0.1) is 28.1 Å². The zero-order valence-corrected chi connectivity index (χ0v) is 25.9. The molecule has 0 radical (unpaired) electrons. The third kappa shape index (κ3) is 3.40. The molecule has 0 unspecified atom stereocenters. The maximum absolute atomic E-state index is 5.21. The van der Waals surface area contributed by atoms with E-state index in [2.05, 4.69) is 173 Å². The van der Waals surface area contributed by atoms with Crippen LogP contribution in [0.15, 0.2) is 164 Å². The van der Waals surface area contributed by atoms with E-state index in [0.29, 0.717) is 0 Å². The fraction of sp³-hybridized carbons (Fsp3) is 0. The van der Waals surface area contributed by atoms with Gasteiger partial charge in [0.1, 0.15) is 5.82 Å². The van der Waals surface area contributed by atoms with Crippen LogP contribution in [0, 0.1) is 0 Å². The Morgan fingerprint density at radius 1 is 0.417 bits per heavy atom. The molecule has 11 rings (SSSR count). The number of nitrogens with zero attached hydrogens (tertiary/aromatic N) is 3. The molecule has 0 fully saturated rings. The summed E-state index contributed by atoms with van der Waals surface area (Å²) in [6, 6.07) is 59.5. The van der Waals surface area contributed by atoms with Crippen molar-refractivity contribution in [3.63, 3.8) is 0 Å². The Morgan fingerprint density at radius 3 is 1.88 bits per heavy atom. The van der Waals surface area contributed by atoms with Gasteiger partial charge in [-0.25, -0.2) is 4.98 Å². The fourth-order valence-corrected chi connectivity index (χ4v) is 8.25. The largest absolute Gasteiger partial charge is 0.306 e. The minimum absolute atomic E-state index is 0.953. The molecule has 1 aliphatic rings. The second kappa shape index (κ2) is 9.54. The molecule has 1 aromatic heterocycles. The van der Waals surface area contributed by atoms with Crippen molar-refractivity contribution in [2.24, 2.45) is 0 Å². The minimum Gasteiger partial charge on any atom is -0.306 e. The highest BCUT2D eigenvalue weighted by Crippen LogP contribution is 2.50. The van der Waals surface area contributed by atoms with Crippen LogP contribution in [0.1, 0.15) is 0 Å². The van der Waals surface area contributed by atoms with E-state index in [1.807, 2.05) is 0 Å². The molecule has 0 spiro atoms. The molecule has 3 heteroatoms. The number of benzene rings is 9. The van der Waals surface area contributed by atoms with Gasteiger partial charge in [-0.2, -0.15) is 0 Å². The Kier molecular flexibility index (Phi) is 5.11. The van der Waals surface area contributed by atoms with Gasteiger partial charge < -0.3 is 4.90 Å². The second-order valence-corrected chi connectivity index (χ2v) is 12.8. The summed E-state index contributed by atoms with van der Waals surface area (Å²) in [5.74, 6) is 0.953. The summed E-state index contributed by atoms with van der Waals surface area (Å²) in [6.45, 7) is 0. The third-order valence-electron chi connectivity index (χ3n) is 10.2. The van der Waals surface area contributed by atoms with Gasteiger partial charge in [0.15, 0.2) is 0 Å². The average Bonchev–Trinajstić information content (AvgIpc) is 3.55. The molecule has 0 atom stereocenters. The van der Waals surface area contributed by atoms with Gasteiger partial charge in [-0.1, -0.05) is 127 Å². The minimum atomic E-state index is 0.953. The van der Waals surface area contributed by atoms with Crippen molar-refractivity contribution >= 4 is 71.2 Å². The average molecular weight is 610 g/mol. The van der Waals surface area contributed by atoms with Gasteiger partial charge >= 0.3 is 0 Å². The second-order valence-electron chi connectivity index (χ2n) is 12.8. The summed E-state index contributed by atoms with van der Waals surface area (Å²) in [7, 11) is 0. The van der Waals surface area contributed by atoms with E-state index in [9.17, 15) is 0 Å². The van der Waals surface area contributed by atoms with Gasteiger partial charge in [0.25, 0.3) is 0 Å². The lowest BCUT2D eigenvalue weighted by Crippen LogP contribution is -2.18. The van der Waals surface area contributed by atoms with E-state index < -0.39 is 0 Å². The van der Waals surface area contributed by atoms with Crippen LogP contribution < -0.4 is 4.90 Å². The number of aromatic nitrogens is 2. The highest BCUT2D eigenvalue weighted by molar-refractivity contribution is 6.34. The number of hydrogen-bond donors (Lipinski definition) is 0. The van der Waals surface area contributed by atoms with Crippen LogP contribution in [-0.2, 0) is 0 Å². The molecular weight excluding hydrogens is 583 g/mol. The molecule has 0 aliphatic carbocycles. The van der Waals surface area contributed by atoms with Crippen molar-refractivity contribution < 1.29 is 0 Å². The van der Waals surface area contributed by atoms with Crippen LogP contribution in [0.2, 0.25) is 0 Å². The van der Waals surface area contributed by atoms with Crippen LogP contribution in [0.4, 0.5) is 17.1 Å². The molecule has 3 nitrogen and oxygen atoms in total. The molecule has 0 N–H and O–H groups in total. The van der Waals surface area contributed by atoms with Crippen LogP contribution >= 0.6 is 0 Å². The number of para-hydroxylation sites is 2. The summed E-state index contributed by atoms with van der Waals surface area (Å²) < 4.78 is 2.35. The molecule has 0 bridgehead atoms. The fourth-order valence-electron chi connectivity index (χ4n) is 8.25. The first kappa shape index (κ1) is 25.7. The predicted octanol–water partition coefficient (Wildman–Crippen LogP) is 12.2. The molecule has 0 saturated heterocycles. The van der Waals surface area contributed by atoms with Crippen LogP contribution in [-0.4, -0.2) is 9.55 Å². The zero-order chi connectivity index (χ0) is 31.3. The highest BCUT2D eigenvalue weighted by Gasteiger charge is 2.30. The number of imidazole rings is 1. The zero-order valence-electron chi connectivity index (χ0n) is 25.9. The molecule has 2 heterocycles. The number of anilines is 3. The smallest absolute Gasteiger partial charge is 0.145 e. The summed E-state index contributed by atoms with van der Waals surface area (Å²) in [5.41, 5.74) is 10.1. The maximum atomic E-state index is 5.21. The van der Waals surface area contributed by atoms with Crippen molar-refractivity contribution in [2.75, 3.05) is 4.90 Å². The first-order chi connectivity index (χ1) is 23.8. The first-order valence-corrected chi connectivity index (χ1v) is 16.5. The van der Waals surface area contributed by atoms with Gasteiger partial charge in [0.2, 0.25) is 0 Å². The lowest BCUT2D eigenvalue weighted by atomic mass is 9.87. The van der Waals surface area contributed by atoms with Gasteiger partial charge in [-0.05, 0) is 90.6 Å². The molecule has 0 amide bonds. The van der Waals surface area contributed by atoms with Gasteiger partial charge in [0, 0.05) is 11.3 Å². The monoisotopic (exact) mass is 609 g/mol. The summed E-state index contributed by atoms with van der Waals surface area (Å²) in [6.07, 6.45) is 0. The molecular formula is C45H27N3. The lowest BCUT2D eigenvalue weighted by molar-refractivity contribution is 1.06. The van der Waals surface area contributed by atoms with Crippen LogP contribution in [0.5, 0.6) is 0 Å². The van der Waals surface area contributed by atoms with E-state index in [4.69, 9.17) is 4.98 Å². The van der Waals surface area contributed by atoms with Crippen molar-refractivity contribution in [3.8, 4) is 28.2 Å². The van der Waals surface area contributed by atoms with E-state index in [1.165, 1.54) is 54.2 Å². The van der Waals surface area contributed by atoms with E-state index in [1.54, 1.807) is 0 Å². The van der Waals surface area contributed by atoms with E-state index in [-0.39, 0.29) is 0 Å². The molecule has 10 aromatic rings.